The number of nitrogens with one attached hydrogen (secondary N) is 1. The number of carbonyl (C=O) groups excluding carboxylic acids is 2. The summed E-state index contributed by atoms with van der Waals surface area (Å²) in [5.74, 6) is -1.25. The molecule has 34 heavy (non-hydrogen) atoms. The van der Waals surface area contributed by atoms with Crippen molar-refractivity contribution in [2.75, 3.05) is 11.5 Å². The Balaban J connectivity index is 1.52. The number of hydrogen-bond donors (Lipinski definition) is 1. The molecule has 2 aromatic heterocycles. The van der Waals surface area contributed by atoms with Crippen molar-refractivity contribution in [2.45, 2.75) is 52.4 Å². The van der Waals surface area contributed by atoms with Crippen LogP contribution < -0.4 is 15.6 Å². The van der Waals surface area contributed by atoms with Gasteiger partial charge in [0.1, 0.15) is 11.2 Å². The van der Waals surface area contributed by atoms with Crippen LogP contribution >= 0.6 is 0 Å². The minimum atomic E-state index is -0.710. The zero-order chi connectivity index (χ0) is 24.0. The van der Waals surface area contributed by atoms with E-state index in [-0.39, 0.29) is 35.3 Å². The lowest BCUT2D eigenvalue weighted by atomic mass is 10.1. The lowest BCUT2D eigenvalue weighted by molar-refractivity contribution is -0.119. The highest BCUT2D eigenvalue weighted by molar-refractivity contribution is 5.93. The fourth-order valence-electron chi connectivity index (χ4n) is 4.38. The Morgan fingerprint density at radius 1 is 1.21 bits per heavy atom. The summed E-state index contributed by atoms with van der Waals surface area (Å²) in [7, 11) is 0. The lowest BCUT2D eigenvalue weighted by Crippen LogP contribution is -2.23. The molecule has 1 N–H and O–H groups in total. The van der Waals surface area contributed by atoms with Gasteiger partial charge in [0.15, 0.2) is 11.6 Å². The van der Waals surface area contributed by atoms with Gasteiger partial charge in [0.25, 0.3) is 0 Å². The van der Waals surface area contributed by atoms with E-state index < -0.39 is 17.2 Å². The van der Waals surface area contributed by atoms with Crippen molar-refractivity contribution in [3.8, 4) is 0 Å². The Hall–Kier alpha value is -3.75. The number of carbonyl (C=O) groups is 2. The molecule has 0 atom stereocenters. The van der Waals surface area contributed by atoms with E-state index in [1.165, 1.54) is 19.2 Å². The number of halogens is 1. The van der Waals surface area contributed by atoms with E-state index in [0.29, 0.717) is 25.3 Å². The summed E-state index contributed by atoms with van der Waals surface area (Å²) in [6.07, 6.45) is 3.31. The molecule has 1 aromatic carbocycles. The second-order valence-corrected chi connectivity index (χ2v) is 8.76. The van der Waals surface area contributed by atoms with E-state index in [2.05, 4.69) is 10.3 Å². The summed E-state index contributed by atoms with van der Waals surface area (Å²) >= 11 is 0. The van der Waals surface area contributed by atoms with Crippen LogP contribution in [0.5, 0.6) is 0 Å². The largest absolute Gasteiger partial charge is 0.462 e. The first-order valence-electron chi connectivity index (χ1n) is 11.4. The number of nitrogens with zero attached hydrogens (tertiary/aromatic N) is 3. The van der Waals surface area contributed by atoms with Crippen LogP contribution in [0, 0.1) is 5.82 Å². The zero-order valence-corrected chi connectivity index (χ0v) is 19.1. The molecule has 5 rings (SSSR count). The molecule has 0 spiro atoms. The topological polar surface area (TPSA) is 93.5 Å². The van der Waals surface area contributed by atoms with Crippen LogP contribution in [0.3, 0.4) is 0 Å². The van der Waals surface area contributed by atoms with Crippen LogP contribution in [0.25, 0.3) is 11.0 Å². The molecular weight excluding hydrogens is 439 g/mol. The first-order chi connectivity index (χ1) is 16.4. The van der Waals surface area contributed by atoms with E-state index in [1.807, 2.05) is 23.1 Å². The Bertz CT molecular complexity index is 1380. The van der Waals surface area contributed by atoms with Gasteiger partial charge in [-0.15, -0.1) is 0 Å². The molecule has 1 fully saturated rings. The average molecular weight is 464 g/mol. The fraction of sp³-hybridized carbons (Fsp3) is 0.360. The molecule has 1 aliphatic carbocycles. The summed E-state index contributed by atoms with van der Waals surface area (Å²) < 4.78 is 22.1. The highest BCUT2D eigenvalue weighted by Crippen LogP contribution is 2.38. The maximum absolute atomic E-state index is 15.3. The third-order valence-corrected chi connectivity index (χ3v) is 6.21. The highest BCUT2D eigenvalue weighted by atomic mass is 19.1. The molecule has 2 aliphatic rings. The number of esters is 1. The number of fused-ring (bicyclic) bond motifs is 2. The quantitative estimate of drug-likeness (QED) is 0.563. The third kappa shape index (κ3) is 4.02. The molecule has 0 unspecified atom stereocenters. The van der Waals surface area contributed by atoms with Gasteiger partial charge >= 0.3 is 5.97 Å². The Labute approximate surface area is 195 Å². The van der Waals surface area contributed by atoms with E-state index in [9.17, 15) is 14.4 Å². The summed E-state index contributed by atoms with van der Waals surface area (Å²) in [5.41, 5.74) is 2.77. The van der Waals surface area contributed by atoms with Crippen molar-refractivity contribution in [3.63, 3.8) is 0 Å². The van der Waals surface area contributed by atoms with Crippen molar-refractivity contribution in [1.29, 1.82) is 0 Å². The molecule has 9 heteroatoms. The molecule has 176 valence electrons. The maximum Gasteiger partial charge on any atom is 0.343 e. The number of ether oxygens (including phenoxy) is 1. The molecule has 1 saturated carbocycles. The van der Waals surface area contributed by atoms with Gasteiger partial charge in [-0.05, 0) is 42.5 Å². The summed E-state index contributed by atoms with van der Waals surface area (Å²) in [6.45, 7) is 4.67. The van der Waals surface area contributed by atoms with Crippen LogP contribution in [-0.2, 0) is 29.2 Å². The molecule has 0 bridgehead atoms. The number of rotatable bonds is 6. The molecule has 3 aromatic rings. The summed E-state index contributed by atoms with van der Waals surface area (Å²) in [4.78, 5) is 42.9. The molecule has 0 saturated heterocycles. The van der Waals surface area contributed by atoms with Gasteiger partial charge in [-0.25, -0.2) is 14.2 Å². The maximum atomic E-state index is 15.3. The predicted molar refractivity (Wildman–Crippen MR) is 124 cm³/mol. The number of amides is 1. The molecule has 3 heterocycles. The van der Waals surface area contributed by atoms with E-state index in [0.717, 1.165) is 29.5 Å². The van der Waals surface area contributed by atoms with Crippen molar-refractivity contribution in [3.05, 3.63) is 68.8 Å². The van der Waals surface area contributed by atoms with E-state index >= 15 is 4.39 Å². The van der Waals surface area contributed by atoms with Crippen molar-refractivity contribution >= 4 is 28.7 Å². The zero-order valence-electron chi connectivity index (χ0n) is 19.1. The van der Waals surface area contributed by atoms with Crippen molar-refractivity contribution in [1.82, 2.24) is 14.9 Å². The summed E-state index contributed by atoms with van der Waals surface area (Å²) in [5, 5.41) is 2.86. The van der Waals surface area contributed by atoms with Gasteiger partial charge in [-0.3, -0.25) is 9.59 Å². The predicted octanol–water partition coefficient (Wildman–Crippen LogP) is 3.20. The van der Waals surface area contributed by atoms with Gasteiger partial charge in [0.05, 0.1) is 12.0 Å². The number of benzene rings is 1. The van der Waals surface area contributed by atoms with Crippen LogP contribution in [0.15, 0.2) is 35.3 Å². The molecular formula is C25H25FN4O4. The molecule has 8 nitrogen and oxygen atoms in total. The van der Waals surface area contributed by atoms with Gasteiger partial charge < -0.3 is 19.5 Å². The third-order valence-electron chi connectivity index (χ3n) is 6.21. The normalized spacial score (nSPS) is 14.9. The fourth-order valence-corrected chi connectivity index (χ4v) is 4.38. The highest BCUT2D eigenvalue weighted by Gasteiger charge is 2.30. The van der Waals surface area contributed by atoms with E-state index in [4.69, 9.17) is 4.74 Å². The number of hydrogen-bond acceptors (Lipinski definition) is 6. The number of aromatic nitrogens is 2. The lowest BCUT2D eigenvalue weighted by Gasteiger charge is -2.19. The SMILES string of the molecule is CCOC(=O)c1cn(C2CC2)c2nc(N3Cc4ccc(CNC(C)=O)cc4C3)c(F)cc2c1=O. The Morgan fingerprint density at radius 2 is 1.97 bits per heavy atom. The molecule has 1 aliphatic heterocycles. The Kier molecular flexibility index (Phi) is 5.55. The standard InChI is InChI=1S/C25H25FN4O4/c1-3-34-25(33)20-13-30(18-6-7-18)23-19(22(20)32)9-21(26)24(28-23)29-11-16-5-4-15(8-17(16)12-29)10-27-14(2)31/h4-5,8-9,13,18H,3,6-7,10-12H2,1-2H3,(H,27,31). The Morgan fingerprint density at radius 3 is 2.68 bits per heavy atom. The van der Waals surface area contributed by atoms with E-state index in [1.54, 1.807) is 11.5 Å². The monoisotopic (exact) mass is 464 g/mol. The van der Waals surface area contributed by atoms with Crippen LogP contribution in [0.2, 0.25) is 0 Å². The first kappa shape index (κ1) is 22.1. The van der Waals surface area contributed by atoms with Crippen LogP contribution in [0.1, 0.15) is 59.8 Å². The smallest absolute Gasteiger partial charge is 0.343 e. The van der Waals surface area contributed by atoms with Crippen LogP contribution in [-0.4, -0.2) is 28.0 Å². The van der Waals surface area contributed by atoms with Gasteiger partial charge in [0.2, 0.25) is 11.3 Å². The second-order valence-electron chi connectivity index (χ2n) is 8.76. The van der Waals surface area contributed by atoms with Crippen molar-refractivity contribution < 1.29 is 18.7 Å². The van der Waals surface area contributed by atoms with Gasteiger partial charge in [-0.1, -0.05) is 18.2 Å². The first-order valence-corrected chi connectivity index (χ1v) is 11.4. The molecule has 1 amide bonds. The average Bonchev–Trinajstić information content (AvgIpc) is 3.56. The minimum absolute atomic E-state index is 0.0769. The molecule has 0 radical (unpaired) electrons. The second kappa shape index (κ2) is 8.55. The van der Waals surface area contributed by atoms with Crippen LogP contribution in [0.4, 0.5) is 10.2 Å². The van der Waals surface area contributed by atoms with Gasteiger partial charge in [-0.2, -0.15) is 0 Å². The number of pyridine rings is 2. The number of anilines is 1. The van der Waals surface area contributed by atoms with Gasteiger partial charge in [0, 0.05) is 38.8 Å². The summed E-state index contributed by atoms with van der Waals surface area (Å²) in [6, 6.07) is 7.25. The van der Waals surface area contributed by atoms with Crippen molar-refractivity contribution in [2.24, 2.45) is 0 Å². The minimum Gasteiger partial charge on any atom is -0.462 e.